The molecule has 34 heavy (non-hydrogen) atoms. The van der Waals surface area contributed by atoms with Gasteiger partial charge in [0.05, 0.1) is 6.42 Å². The van der Waals surface area contributed by atoms with Crippen molar-refractivity contribution in [3.63, 3.8) is 0 Å². The maximum absolute atomic E-state index is 13.6. The van der Waals surface area contributed by atoms with Gasteiger partial charge in [0.2, 0.25) is 5.91 Å². The quantitative estimate of drug-likeness (QED) is 0.566. The predicted molar refractivity (Wildman–Crippen MR) is 133 cm³/mol. The number of nitrogens with one attached hydrogen (secondary N) is 1. The van der Waals surface area contributed by atoms with Gasteiger partial charge in [-0.05, 0) is 75.7 Å². The first-order valence-electron chi connectivity index (χ1n) is 12.7. The number of halogens is 1. The molecule has 3 saturated heterocycles. The zero-order chi connectivity index (χ0) is 24.3. The molecule has 186 valence electrons. The lowest BCUT2D eigenvalue weighted by molar-refractivity contribution is -0.136. The van der Waals surface area contributed by atoms with Gasteiger partial charge >= 0.3 is 6.03 Å². The van der Waals surface area contributed by atoms with Gasteiger partial charge in [-0.1, -0.05) is 37.1 Å². The second kappa shape index (κ2) is 10.6. The molecule has 7 nitrogen and oxygen atoms in total. The Balaban J connectivity index is 1.37. The van der Waals surface area contributed by atoms with E-state index in [0.29, 0.717) is 43.5 Å². The molecule has 0 aliphatic carbocycles. The average molecular weight is 489 g/mol. The van der Waals surface area contributed by atoms with Crippen LogP contribution in [0, 0.1) is 5.92 Å². The standard InChI is InChI=1S/C26H37ClN4O3/c1-3-13-26(24(33)31(25(34)28-26)17-12-22-5-4-14-29(22)2)20-10-15-30(16-11-20)23(32)18-19-6-8-21(27)9-7-19/h6-9,20,22H,3-5,10-18H2,1-2H3,(H,28,34)/t22-,26+/m1/s1. The van der Waals surface area contributed by atoms with Crippen molar-refractivity contribution in [2.45, 2.75) is 69.9 Å². The number of urea groups is 1. The second-order valence-corrected chi connectivity index (χ2v) is 10.6. The molecular weight excluding hydrogens is 452 g/mol. The van der Waals surface area contributed by atoms with Gasteiger partial charge in [-0.15, -0.1) is 0 Å². The molecule has 0 spiro atoms. The number of carbonyl (C=O) groups is 3. The Morgan fingerprint density at radius 3 is 2.44 bits per heavy atom. The average Bonchev–Trinajstić information content (AvgIpc) is 3.34. The van der Waals surface area contributed by atoms with Gasteiger partial charge in [-0.25, -0.2) is 4.79 Å². The largest absolute Gasteiger partial charge is 0.342 e. The van der Waals surface area contributed by atoms with Crippen molar-refractivity contribution in [2.75, 3.05) is 33.2 Å². The summed E-state index contributed by atoms with van der Waals surface area (Å²) in [5, 5.41) is 3.78. The molecule has 3 aliphatic rings. The first-order valence-corrected chi connectivity index (χ1v) is 13.1. The summed E-state index contributed by atoms with van der Waals surface area (Å²) in [7, 11) is 2.12. The summed E-state index contributed by atoms with van der Waals surface area (Å²) in [4.78, 5) is 45.1. The highest BCUT2D eigenvalue weighted by atomic mass is 35.5. The summed E-state index contributed by atoms with van der Waals surface area (Å²) >= 11 is 5.95. The van der Waals surface area contributed by atoms with Crippen LogP contribution >= 0.6 is 11.6 Å². The van der Waals surface area contributed by atoms with E-state index in [4.69, 9.17) is 11.6 Å². The molecule has 1 aromatic carbocycles. The number of nitrogens with zero attached hydrogens (tertiary/aromatic N) is 3. The van der Waals surface area contributed by atoms with Crippen molar-refractivity contribution in [1.29, 1.82) is 0 Å². The Bertz CT molecular complexity index is 900. The lowest BCUT2D eigenvalue weighted by Gasteiger charge is -2.41. The first-order chi connectivity index (χ1) is 16.3. The summed E-state index contributed by atoms with van der Waals surface area (Å²) in [6.07, 6.45) is 6.38. The molecule has 4 rings (SSSR count). The topological polar surface area (TPSA) is 73.0 Å². The summed E-state index contributed by atoms with van der Waals surface area (Å²) in [6, 6.07) is 7.56. The minimum absolute atomic E-state index is 0.0441. The molecule has 3 aliphatic heterocycles. The molecule has 3 heterocycles. The van der Waals surface area contributed by atoms with E-state index in [-0.39, 0.29) is 23.8 Å². The number of rotatable bonds is 8. The fourth-order valence-corrected chi connectivity index (χ4v) is 6.15. The highest BCUT2D eigenvalue weighted by Gasteiger charge is 2.55. The fraction of sp³-hybridized carbons (Fsp3) is 0.654. The van der Waals surface area contributed by atoms with E-state index in [2.05, 4.69) is 24.2 Å². The molecule has 2 atom stereocenters. The van der Waals surface area contributed by atoms with E-state index < -0.39 is 5.54 Å². The molecule has 1 N–H and O–H groups in total. The Kier molecular flexibility index (Phi) is 7.83. The van der Waals surface area contributed by atoms with Crippen molar-refractivity contribution < 1.29 is 14.4 Å². The number of benzene rings is 1. The van der Waals surface area contributed by atoms with Gasteiger partial charge in [0.15, 0.2) is 0 Å². The van der Waals surface area contributed by atoms with Gasteiger partial charge in [0.25, 0.3) is 5.91 Å². The van der Waals surface area contributed by atoms with Gasteiger partial charge in [-0.2, -0.15) is 0 Å². The molecule has 3 fully saturated rings. The Morgan fingerprint density at radius 1 is 1.12 bits per heavy atom. The molecule has 8 heteroatoms. The summed E-state index contributed by atoms with van der Waals surface area (Å²) in [5.74, 6) is 0.0722. The third-order valence-corrected chi connectivity index (χ3v) is 8.27. The summed E-state index contributed by atoms with van der Waals surface area (Å²) in [6.45, 7) is 4.84. The van der Waals surface area contributed by atoms with Crippen LogP contribution in [-0.2, 0) is 16.0 Å². The van der Waals surface area contributed by atoms with E-state index in [9.17, 15) is 14.4 Å². The summed E-state index contributed by atoms with van der Waals surface area (Å²) in [5.41, 5.74) is 0.111. The summed E-state index contributed by atoms with van der Waals surface area (Å²) < 4.78 is 0. The molecular formula is C26H37ClN4O3. The molecule has 1 aromatic rings. The first kappa shape index (κ1) is 25.0. The van der Waals surface area contributed by atoms with Gasteiger partial charge in [0, 0.05) is 30.7 Å². The van der Waals surface area contributed by atoms with Crippen molar-refractivity contribution >= 4 is 29.4 Å². The molecule has 4 amide bonds. The van der Waals surface area contributed by atoms with E-state index in [1.807, 2.05) is 17.0 Å². The van der Waals surface area contributed by atoms with Crippen molar-refractivity contribution in [3.05, 3.63) is 34.9 Å². The molecule has 0 saturated carbocycles. The SMILES string of the molecule is CCC[C@@]1(C2CCN(C(=O)Cc3ccc(Cl)cc3)CC2)NC(=O)N(CC[C@H]2CCCN2C)C1=O. The van der Waals surface area contributed by atoms with Crippen LogP contribution in [0.25, 0.3) is 0 Å². The Hall–Kier alpha value is -2.12. The molecule has 0 aromatic heterocycles. The van der Waals surface area contributed by atoms with Crippen molar-refractivity contribution in [1.82, 2.24) is 20.0 Å². The van der Waals surface area contributed by atoms with Crippen LogP contribution in [-0.4, -0.2) is 77.4 Å². The number of carbonyl (C=O) groups excluding carboxylic acids is 3. The molecule has 0 radical (unpaired) electrons. The minimum atomic E-state index is -0.835. The van der Waals surface area contributed by atoms with Crippen LogP contribution in [0.2, 0.25) is 5.02 Å². The van der Waals surface area contributed by atoms with E-state index in [1.165, 1.54) is 11.3 Å². The second-order valence-electron chi connectivity index (χ2n) is 10.1. The van der Waals surface area contributed by atoms with Crippen LogP contribution in [0.3, 0.4) is 0 Å². The van der Waals surface area contributed by atoms with Gasteiger partial charge in [-0.3, -0.25) is 14.5 Å². The lowest BCUT2D eigenvalue weighted by Crippen LogP contribution is -2.56. The predicted octanol–water partition coefficient (Wildman–Crippen LogP) is 3.70. The van der Waals surface area contributed by atoms with Crippen LogP contribution in [0.1, 0.15) is 57.4 Å². The lowest BCUT2D eigenvalue weighted by atomic mass is 9.74. The van der Waals surface area contributed by atoms with Crippen LogP contribution < -0.4 is 5.32 Å². The number of piperidine rings is 1. The third-order valence-electron chi connectivity index (χ3n) is 8.02. The maximum atomic E-state index is 13.6. The zero-order valence-electron chi connectivity index (χ0n) is 20.4. The normalized spacial score (nSPS) is 26.4. The van der Waals surface area contributed by atoms with E-state index >= 15 is 0 Å². The van der Waals surface area contributed by atoms with Crippen LogP contribution in [0.4, 0.5) is 4.79 Å². The minimum Gasteiger partial charge on any atom is -0.342 e. The molecule has 0 unspecified atom stereocenters. The number of hydrogen-bond donors (Lipinski definition) is 1. The van der Waals surface area contributed by atoms with E-state index in [0.717, 1.165) is 44.2 Å². The van der Waals surface area contributed by atoms with Crippen molar-refractivity contribution in [3.8, 4) is 0 Å². The highest BCUT2D eigenvalue weighted by molar-refractivity contribution is 6.30. The van der Waals surface area contributed by atoms with Gasteiger partial charge < -0.3 is 15.1 Å². The highest BCUT2D eigenvalue weighted by Crippen LogP contribution is 2.37. The van der Waals surface area contributed by atoms with E-state index in [1.54, 1.807) is 12.1 Å². The van der Waals surface area contributed by atoms with Crippen molar-refractivity contribution in [2.24, 2.45) is 5.92 Å². The third kappa shape index (κ3) is 5.10. The fourth-order valence-electron chi connectivity index (χ4n) is 6.02. The number of likely N-dealkylation sites (tertiary alicyclic amines) is 2. The Morgan fingerprint density at radius 2 is 1.82 bits per heavy atom. The Labute approximate surface area is 207 Å². The van der Waals surface area contributed by atoms with Crippen LogP contribution in [0.5, 0.6) is 0 Å². The maximum Gasteiger partial charge on any atom is 0.325 e. The number of imide groups is 1. The molecule has 0 bridgehead atoms. The smallest absolute Gasteiger partial charge is 0.325 e. The van der Waals surface area contributed by atoms with Gasteiger partial charge in [0.1, 0.15) is 5.54 Å². The number of amides is 4. The zero-order valence-corrected chi connectivity index (χ0v) is 21.1. The number of hydrogen-bond acceptors (Lipinski definition) is 4. The van der Waals surface area contributed by atoms with Crippen LogP contribution in [0.15, 0.2) is 24.3 Å². The monoisotopic (exact) mass is 488 g/mol.